The fourth-order valence-corrected chi connectivity index (χ4v) is 11.4. The van der Waals surface area contributed by atoms with E-state index >= 15 is 0 Å². The Labute approximate surface area is 364 Å². The van der Waals surface area contributed by atoms with Crippen LogP contribution in [0.15, 0.2) is 231 Å². The number of hydrogen-bond acceptors (Lipinski definition) is 1. The Balaban J connectivity index is 1.08. The molecule has 0 amide bonds. The Morgan fingerprint density at radius 2 is 0.855 bits per heavy atom. The summed E-state index contributed by atoms with van der Waals surface area (Å²) in [4.78, 5) is 2.50. The maximum Gasteiger partial charge on any atom is 0.0701 e. The van der Waals surface area contributed by atoms with E-state index in [0.29, 0.717) is 0 Å². The van der Waals surface area contributed by atoms with E-state index in [2.05, 4.69) is 240 Å². The Hall–Kier alpha value is -7.42. The van der Waals surface area contributed by atoms with Crippen LogP contribution in [0.1, 0.15) is 59.1 Å². The van der Waals surface area contributed by atoms with Crippen LogP contribution < -0.4 is 4.90 Å². The maximum absolute atomic E-state index is 2.54. The largest absolute Gasteiger partial charge is 0.310 e. The summed E-state index contributed by atoms with van der Waals surface area (Å²) in [6.07, 6.45) is 4.91. The van der Waals surface area contributed by atoms with Gasteiger partial charge in [0, 0.05) is 38.9 Å². The van der Waals surface area contributed by atoms with E-state index in [9.17, 15) is 0 Å². The Bertz CT molecular complexity index is 3120. The van der Waals surface area contributed by atoms with Gasteiger partial charge in [0.05, 0.1) is 16.4 Å². The van der Waals surface area contributed by atoms with Crippen molar-refractivity contribution in [3.63, 3.8) is 0 Å². The minimum atomic E-state index is -0.528. The summed E-state index contributed by atoms with van der Waals surface area (Å²) in [5.74, 6) is 0. The number of aromatic nitrogens is 1. The van der Waals surface area contributed by atoms with Gasteiger partial charge in [0.1, 0.15) is 0 Å². The summed E-state index contributed by atoms with van der Waals surface area (Å²) in [6.45, 7) is 0. The fourth-order valence-electron chi connectivity index (χ4n) is 11.4. The van der Waals surface area contributed by atoms with E-state index in [-0.39, 0.29) is 5.41 Å². The van der Waals surface area contributed by atoms with Gasteiger partial charge in [-0.15, -0.1) is 0 Å². The lowest BCUT2D eigenvalue weighted by Gasteiger charge is -2.37. The quantitative estimate of drug-likeness (QED) is 0.139. The van der Waals surface area contributed by atoms with Crippen LogP contribution in [-0.4, -0.2) is 4.57 Å². The zero-order valence-electron chi connectivity index (χ0n) is 34.7. The minimum absolute atomic E-state index is 0.0607. The van der Waals surface area contributed by atoms with Crippen LogP contribution in [0.5, 0.6) is 0 Å². The average molecular weight is 795 g/mol. The van der Waals surface area contributed by atoms with Crippen LogP contribution in [0, 0.1) is 0 Å². The number of anilines is 3. The third-order valence-electron chi connectivity index (χ3n) is 14.1. The van der Waals surface area contributed by atoms with Crippen molar-refractivity contribution < 1.29 is 0 Å². The van der Waals surface area contributed by atoms with Crippen molar-refractivity contribution in [2.75, 3.05) is 4.90 Å². The molecule has 0 saturated heterocycles. The molecule has 1 aromatic heterocycles. The first-order valence-electron chi connectivity index (χ1n) is 22.1. The summed E-state index contributed by atoms with van der Waals surface area (Å²) >= 11 is 0. The summed E-state index contributed by atoms with van der Waals surface area (Å²) in [6, 6.07) is 85.6. The molecule has 62 heavy (non-hydrogen) atoms. The SMILES string of the molecule is c1ccc(-n2c3ccccc3c3cc(N(c4ccc(C(c5ccccc5)(c5ccccc5)c5ccccc5)cc4)c4ccc5c(c4)C4(CCCC4)c4ccccc4-5)ccc32)cc1. The van der Waals surface area contributed by atoms with Gasteiger partial charge in [0.2, 0.25) is 0 Å². The smallest absolute Gasteiger partial charge is 0.0701 e. The van der Waals surface area contributed by atoms with E-state index in [0.717, 1.165) is 17.1 Å². The predicted molar refractivity (Wildman–Crippen MR) is 258 cm³/mol. The highest BCUT2D eigenvalue weighted by atomic mass is 15.1. The van der Waals surface area contributed by atoms with Crippen molar-refractivity contribution in [3.8, 4) is 16.8 Å². The number of hydrogen-bond donors (Lipinski definition) is 0. The number of nitrogens with zero attached hydrogens (tertiary/aromatic N) is 2. The summed E-state index contributed by atoms with van der Waals surface area (Å²) in [5.41, 5.74) is 17.3. The molecule has 10 aromatic rings. The molecular weight excluding hydrogens is 749 g/mol. The lowest BCUT2D eigenvalue weighted by atomic mass is 9.65. The average Bonchev–Trinajstić information content (AvgIpc) is 4.05. The van der Waals surface area contributed by atoms with Gasteiger partial charge in [-0.25, -0.2) is 0 Å². The molecule has 12 rings (SSSR count). The summed E-state index contributed by atoms with van der Waals surface area (Å²) in [5, 5.41) is 2.48. The molecule has 0 unspecified atom stereocenters. The Kier molecular flexibility index (Phi) is 8.60. The van der Waals surface area contributed by atoms with Crippen molar-refractivity contribution in [2.45, 2.75) is 36.5 Å². The third-order valence-corrected chi connectivity index (χ3v) is 14.1. The van der Waals surface area contributed by atoms with Crippen molar-refractivity contribution >= 4 is 38.9 Å². The molecule has 0 atom stereocenters. The lowest BCUT2D eigenvalue weighted by molar-refractivity contribution is 0.550. The predicted octanol–water partition coefficient (Wildman–Crippen LogP) is 15.5. The fraction of sp³-hybridized carbons (Fsp3) is 0.100. The normalized spacial score (nSPS) is 14.0. The van der Waals surface area contributed by atoms with Crippen molar-refractivity contribution in [1.29, 1.82) is 0 Å². The number of rotatable bonds is 8. The van der Waals surface area contributed by atoms with Crippen LogP contribution in [0.4, 0.5) is 17.1 Å². The van der Waals surface area contributed by atoms with Gasteiger partial charge in [0.25, 0.3) is 0 Å². The van der Waals surface area contributed by atoms with Gasteiger partial charge in [-0.3, -0.25) is 0 Å². The maximum atomic E-state index is 2.54. The van der Waals surface area contributed by atoms with E-state index < -0.39 is 5.41 Å². The third kappa shape index (κ3) is 5.49. The molecule has 2 heteroatoms. The molecule has 2 nitrogen and oxygen atoms in total. The highest BCUT2D eigenvalue weighted by Crippen LogP contribution is 2.58. The van der Waals surface area contributed by atoms with Crippen molar-refractivity contribution in [1.82, 2.24) is 4.57 Å². The molecule has 0 N–H and O–H groups in total. The van der Waals surface area contributed by atoms with Crippen LogP contribution in [0.3, 0.4) is 0 Å². The van der Waals surface area contributed by atoms with Crippen molar-refractivity contribution in [3.05, 3.63) is 264 Å². The van der Waals surface area contributed by atoms with Crippen LogP contribution in [0.25, 0.3) is 38.6 Å². The van der Waals surface area contributed by atoms with Gasteiger partial charge < -0.3 is 9.47 Å². The first kappa shape index (κ1) is 36.4. The Morgan fingerprint density at radius 3 is 1.52 bits per heavy atom. The number of fused-ring (bicyclic) bond motifs is 8. The summed E-state index contributed by atoms with van der Waals surface area (Å²) < 4.78 is 2.40. The second kappa shape index (κ2) is 14.6. The first-order chi connectivity index (χ1) is 30.7. The molecular formula is C60H46N2. The molecule has 1 fully saturated rings. The topological polar surface area (TPSA) is 8.17 Å². The molecule has 0 aliphatic heterocycles. The molecule has 9 aromatic carbocycles. The van der Waals surface area contributed by atoms with E-state index in [1.807, 2.05) is 0 Å². The Morgan fingerprint density at radius 1 is 0.371 bits per heavy atom. The summed E-state index contributed by atoms with van der Waals surface area (Å²) in [7, 11) is 0. The zero-order chi connectivity index (χ0) is 41.1. The number of benzene rings is 9. The van der Waals surface area contributed by atoms with Gasteiger partial charge in [-0.1, -0.05) is 183 Å². The molecule has 2 aliphatic rings. The highest BCUT2D eigenvalue weighted by molar-refractivity contribution is 6.10. The van der Waals surface area contributed by atoms with Gasteiger partial charge >= 0.3 is 0 Å². The lowest BCUT2D eigenvalue weighted by Crippen LogP contribution is -2.31. The van der Waals surface area contributed by atoms with Crippen LogP contribution in [-0.2, 0) is 10.8 Å². The van der Waals surface area contributed by atoms with Crippen LogP contribution >= 0.6 is 0 Å². The van der Waals surface area contributed by atoms with Gasteiger partial charge in [-0.05, 0) is 118 Å². The van der Waals surface area contributed by atoms with E-state index in [4.69, 9.17) is 0 Å². The monoisotopic (exact) mass is 794 g/mol. The molecule has 1 heterocycles. The minimum Gasteiger partial charge on any atom is -0.310 e. The van der Waals surface area contributed by atoms with E-state index in [1.165, 1.54) is 97.7 Å². The molecule has 1 spiro atoms. The molecule has 0 radical (unpaired) electrons. The molecule has 1 saturated carbocycles. The molecule has 0 bridgehead atoms. The molecule has 296 valence electrons. The first-order valence-corrected chi connectivity index (χ1v) is 22.1. The van der Waals surface area contributed by atoms with Gasteiger partial charge in [-0.2, -0.15) is 0 Å². The zero-order valence-corrected chi connectivity index (χ0v) is 34.7. The van der Waals surface area contributed by atoms with Crippen LogP contribution in [0.2, 0.25) is 0 Å². The van der Waals surface area contributed by atoms with Crippen molar-refractivity contribution in [2.24, 2.45) is 0 Å². The standard InChI is InChI=1S/C60H46N2/c1-5-19-43(20-6-1)60(44-21-7-2-8-22-44,45-23-9-3-10-24-45)46-31-33-48(34-32-46)61(50-35-37-52-51-27-13-15-29-55(51)59(56(52)42-50)39-17-18-40-59)49-36-38-58-54(41-49)53-28-14-16-30-57(53)62(58)47-25-11-4-12-26-47/h1-16,19-38,41-42H,17-18,39-40H2. The van der Waals surface area contributed by atoms with E-state index in [1.54, 1.807) is 0 Å². The molecule has 2 aliphatic carbocycles. The highest BCUT2D eigenvalue weighted by Gasteiger charge is 2.45. The van der Waals surface area contributed by atoms with Gasteiger partial charge in [0.15, 0.2) is 0 Å². The second-order valence-electron chi connectivity index (χ2n) is 17.2. The second-order valence-corrected chi connectivity index (χ2v) is 17.2. The number of para-hydroxylation sites is 2.